The van der Waals surface area contributed by atoms with E-state index in [0.717, 1.165) is 16.6 Å². The van der Waals surface area contributed by atoms with Gasteiger partial charge in [0.2, 0.25) is 15.6 Å². The monoisotopic (exact) mass is 260 g/mol. The molecule has 1 rings (SSSR count). The van der Waals surface area contributed by atoms with Gasteiger partial charge in [0.05, 0.1) is 12.0 Å². The van der Waals surface area contributed by atoms with E-state index in [4.69, 9.17) is 0 Å². The van der Waals surface area contributed by atoms with Crippen molar-refractivity contribution in [2.45, 2.75) is 4.90 Å². The van der Waals surface area contributed by atoms with Crippen LogP contribution < -0.4 is 5.56 Å². The van der Waals surface area contributed by atoms with Gasteiger partial charge in [-0.1, -0.05) is 0 Å². The number of carbonyl (C=O) groups is 1. The van der Waals surface area contributed by atoms with Gasteiger partial charge in [0.15, 0.2) is 0 Å². The van der Waals surface area contributed by atoms with Gasteiger partial charge in [0, 0.05) is 19.3 Å². The number of ether oxygens (including phenoxy) is 1. The number of methoxy groups -OCH3 is 1. The minimum atomic E-state index is -3.80. The van der Waals surface area contributed by atoms with Gasteiger partial charge in [-0.05, 0) is 6.07 Å². The highest BCUT2D eigenvalue weighted by Gasteiger charge is 2.23. The van der Waals surface area contributed by atoms with Gasteiger partial charge in [0.1, 0.15) is 6.54 Å². The number of nitrogens with one attached hydrogen (secondary N) is 1. The Bertz CT molecular complexity index is 542. The topological polar surface area (TPSA) is 96.5 Å². The highest BCUT2D eigenvalue weighted by molar-refractivity contribution is 7.89. The van der Waals surface area contributed by atoms with Crippen LogP contribution in [0.1, 0.15) is 0 Å². The van der Waals surface area contributed by atoms with E-state index in [9.17, 15) is 18.0 Å². The third-order valence-corrected chi connectivity index (χ3v) is 3.84. The summed E-state index contributed by atoms with van der Waals surface area (Å²) in [6.45, 7) is -0.391. The summed E-state index contributed by atoms with van der Waals surface area (Å²) in [5.41, 5.74) is -0.403. The number of carbonyl (C=O) groups excluding carboxylic acids is 1. The summed E-state index contributed by atoms with van der Waals surface area (Å²) < 4.78 is 29.0. The molecule has 0 fully saturated rings. The third kappa shape index (κ3) is 3.14. The lowest BCUT2D eigenvalue weighted by Gasteiger charge is -2.15. The summed E-state index contributed by atoms with van der Waals surface area (Å²) in [5.74, 6) is -0.666. The first-order valence-corrected chi connectivity index (χ1v) is 6.04. The minimum Gasteiger partial charge on any atom is -0.468 e. The number of sulfonamides is 1. The van der Waals surface area contributed by atoms with E-state index in [-0.39, 0.29) is 4.90 Å². The molecule has 8 heteroatoms. The standard InChI is InChI=1S/C9H12N2O5S/c1-11(6-9(13)16-2)17(14,15)7-3-4-8(12)10-5-7/h3-5H,6H2,1-2H3,(H,10,12). The second-order valence-electron chi connectivity index (χ2n) is 3.23. The number of esters is 1. The van der Waals surface area contributed by atoms with E-state index >= 15 is 0 Å². The number of pyridine rings is 1. The average Bonchev–Trinajstić information content (AvgIpc) is 2.29. The van der Waals surface area contributed by atoms with Crippen LogP contribution in [0, 0.1) is 0 Å². The average molecular weight is 260 g/mol. The molecule has 0 amide bonds. The van der Waals surface area contributed by atoms with Crippen molar-refractivity contribution in [3.05, 3.63) is 28.7 Å². The number of rotatable bonds is 4. The number of H-pyrrole nitrogens is 1. The molecule has 1 aromatic heterocycles. The lowest BCUT2D eigenvalue weighted by atomic mass is 10.5. The molecular formula is C9H12N2O5S. The van der Waals surface area contributed by atoms with Crippen LogP contribution in [-0.4, -0.2) is 44.4 Å². The Morgan fingerprint density at radius 1 is 1.47 bits per heavy atom. The van der Waals surface area contributed by atoms with Gasteiger partial charge in [-0.15, -0.1) is 0 Å². The molecule has 17 heavy (non-hydrogen) atoms. The Kier molecular flexibility index (Phi) is 4.02. The molecule has 0 unspecified atom stereocenters. The number of nitrogens with zero attached hydrogens (tertiary/aromatic N) is 1. The molecule has 0 saturated heterocycles. The molecule has 0 radical (unpaired) electrons. The summed E-state index contributed by atoms with van der Waals surface area (Å²) in [4.78, 5) is 23.9. The van der Waals surface area contributed by atoms with Crippen molar-refractivity contribution in [1.82, 2.24) is 9.29 Å². The molecule has 1 N–H and O–H groups in total. The van der Waals surface area contributed by atoms with E-state index in [2.05, 4.69) is 9.72 Å². The number of hydrogen-bond donors (Lipinski definition) is 1. The molecule has 1 heterocycles. The van der Waals surface area contributed by atoms with Crippen LogP contribution in [-0.2, 0) is 19.6 Å². The van der Waals surface area contributed by atoms with Gasteiger partial charge in [-0.3, -0.25) is 9.59 Å². The number of aromatic amines is 1. The molecule has 94 valence electrons. The summed E-state index contributed by atoms with van der Waals surface area (Å²) in [6, 6.07) is 2.26. The van der Waals surface area contributed by atoms with Gasteiger partial charge in [-0.25, -0.2) is 8.42 Å². The zero-order chi connectivity index (χ0) is 13.1. The van der Waals surface area contributed by atoms with Gasteiger partial charge in [0.25, 0.3) is 0 Å². The minimum absolute atomic E-state index is 0.0940. The maximum absolute atomic E-state index is 11.9. The smallest absolute Gasteiger partial charge is 0.321 e. The molecule has 0 spiro atoms. The second kappa shape index (κ2) is 5.11. The Labute approximate surface area is 98.1 Å². The summed E-state index contributed by atoms with van der Waals surface area (Å²) in [6.07, 6.45) is 1.07. The van der Waals surface area contributed by atoms with Crippen molar-refractivity contribution in [2.24, 2.45) is 0 Å². The largest absolute Gasteiger partial charge is 0.468 e. The molecule has 0 aromatic carbocycles. The SMILES string of the molecule is COC(=O)CN(C)S(=O)(=O)c1ccc(=O)[nH]c1. The zero-order valence-electron chi connectivity index (χ0n) is 9.34. The normalized spacial score (nSPS) is 11.5. The maximum atomic E-state index is 11.9. The van der Waals surface area contributed by atoms with E-state index in [1.807, 2.05) is 0 Å². The summed E-state index contributed by atoms with van der Waals surface area (Å²) in [5, 5.41) is 0. The number of hydrogen-bond acceptors (Lipinski definition) is 5. The molecule has 0 bridgehead atoms. The molecular weight excluding hydrogens is 248 g/mol. The first-order valence-electron chi connectivity index (χ1n) is 4.60. The van der Waals surface area contributed by atoms with Crippen molar-refractivity contribution < 1.29 is 17.9 Å². The van der Waals surface area contributed by atoms with Crippen molar-refractivity contribution in [3.63, 3.8) is 0 Å². The Morgan fingerprint density at radius 2 is 2.12 bits per heavy atom. The molecule has 1 aromatic rings. The predicted molar refractivity (Wildman–Crippen MR) is 58.9 cm³/mol. The van der Waals surface area contributed by atoms with Crippen LogP contribution in [0.2, 0.25) is 0 Å². The van der Waals surface area contributed by atoms with Crippen LogP contribution >= 0.6 is 0 Å². The molecule has 7 nitrogen and oxygen atoms in total. The van der Waals surface area contributed by atoms with Crippen molar-refractivity contribution >= 4 is 16.0 Å². The quantitative estimate of drug-likeness (QED) is 0.713. The first kappa shape index (κ1) is 13.4. The number of likely N-dealkylation sites (N-methyl/N-ethyl adjacent to an activating group) is 1. The van der Waals surface area contributed by atoms with E-state index in [0.29, 0.717) is 0 Å². The van der Waals surface area contributed by atoms with Crippen molar-refractivity contribution in [2.75, 3.05) is 20.7 Å². The Balaban J connectivity index is 2.99. The molecule has 0 aliphatic heterocycles. The predicted octanol–water partition coefficient (Wildman–Crippen LogP) is -0.832. The Hall–Kier alpha value is -1.67. The summed E-state index contributed by atoms with van der Waals surface area (Å²) in [7, 11) is -1.38. The highest BCUT2D eigenvalue weighted by atomic mass is 32.2. The molecule has 0 atom stereocenters. The van der Waals surface area contributed by atoms with E-state index in [1.54, 1.807) is 0 Å². The number of aromatic nitrogens is 1. The van der Waals surface area contributed by atoms with Gasteiger partial charge in [-0.2, -0.15) is 4.31 Å². The fraction of sp³-hybridized carbons (Fsp3) is 0.333. The maximum Gasteiger partial charge on any atom is 0.321 e. The van der Waals surface area contributed by atoms with Gasteiger partial charge >= 0.3 is 5.97 Å². The highest BCUT2D eigenvalue weighted by Crippen LogP contribution is 2.10. The van der Waals surface area contributed by atoms with Crippen molar-refractivity contribution in [3.8, 4) is 0 Å². The van der Waals surface area contributed by atoms with Crippen LogP contribution in [0.4, 0.5) is 0 Å². The zero-order valence-corrected chi connectivity index (χ0v) is 10.2. The van der Waals surface area contributed by atoms with E-state index in [1.165, 1.54) is 20.2 Å². The van der Waals surface area contributed by atoms with Crippen molar-refractivity contribution in [1.29, 1.82) is 0 Å². The lowest BCUT2D eigenvalue weighted by molar-refractivity contribution is -0.140. The van der Waals surface area contributed by atoms with Crippen LogP contribution in [0.3, 0.4) is 0 Å². The first-order chi connectivity index (χ1) is 7.87. The lowest BCUT2D eigenvalue weighted by Crippen LogP contribution is -2.33. The van der Waals surface area contributed by atoms with Crippen LogP contribution in [0.25, 0.3) is 0 Å². The van der Waals surface area contributed by atoms with E-state index < -0.39 is 28.1 Å². The second-order valence-corrected chi connectivity index (χ2v) is 5.27. The molecule has 0 saturated carbocycles. The summed E-state index contributed by atoms with van der Waals surface area (Å²) >= 11 is 0. The fourth-order valence-electron chi connectivity index (χ4n) is 1.07. The fourth-order valence-corrected chi connectivity index (χ4v) is 2.15. The molecule has 0 aliphatic rings. The van der Waals surface area contributed by atoms with Gasteiger partial charge < -0.3 is 9.72 Å². The third-order valence-electron chi connectivity index (χ3n) is 2.04. The van der Waals surface area contributed by atoms with Crippen LogP contribution in [0.15, 0.2) is 28.0 Å². The Morgan fingerprint density at radius 3 is 2.59 bits per heavy atom. The molecule has 0 aliphatic carbocycles. The van der Waals surface area contributed by atoms with Crippen LogP contribution in [0.5, 0.6) is 0 Å².